The van der Waals surface area contributed by atoms with Crippen LogP contribution in [0.4, 0.5) is 5.69 Å². The van der Waals surface area contributed by atoms with Gasteiger partial charge in [0.15, 0.2) is 6.61 Å². The van der Waals surface area contributed by atoms with Gasteiger partial charge < -0.3 is 14.8 Å². The van der Waals surface area contributed by atoms with Crippen LogP contribution in [-0.2, 0) is 14.3 Å². The number of anilines is 1. The molecule has 0 atom stereocenters. The van der Waals surface area contributed by atoms with Crippen molar-refractivity contribution < 1.29 is 19.1 Å². The molecule has 0 aliphatic carbocycles. The van der Waals surface area contributed by atoms with Gasteiger partial charge in [-0.1, -0.05) is 60.7 Å². The van der Waals surface area contributed by atoms with Gasteiger partial charge in [-0.3, -0.25) is 9.59 Å². The Balaban J connectivity index is 1.46. The van der Waals surface area contributed by atoms with Crippen LogP contribution in [-0.4, -0.2) is 25.1 Å². The van der Waals surface area contributed by atoms with Gasteiger partial charge in [-0.25, -0.2) is 0 Å². The first-order chi connectivity index (χ1) is 14.1. The van der Waals surface area contributed by atoms with Crippen LogP contribution >= 0.6 is 0 Å². The minimum absolute atomic E-state index is 0.0713. The number of hydrogen-bond acceptors (Lipinski definition) is 4. The van der Waals surface area contributed by atoms with Crippen molar-refractivity contribution in [3.63, 3.8) is 0 Å². The van der Waals surface area contributed by atoms with Gasteiger partial charge in [0.1, 0.15) is 5.75 Å². The number of amides is 1. The average molecular weight is 389 g/mol. The molecule has 29 heavy (non-hydrogen) atoms. The van der Waals surface area contributed by atoms with Gasteiger partial charge in [-0.15, -0.1) is 0 Å². The number of carbonyl (C=O) groups excluding carboxylic acids is 2. The molecule has 0 saturated carbocycles. The molecule has 3 aromatic rings. The number of hydrogen-bond donors (Lipinski definition) is 1. The molecule has 0 radical (unpaired) electrons. The second-order valence-electron chi connectivity index (χ2n) is 6.54. The Labute approximate surface area is 170 Å². The Hall–Kier alpha value is -3.60. The maximum Gasteiger partial charge on any atom is 0.309 e. The Morgan fingerprint density at radius 2 is 1.66 bits per heavy atom. The lowest BCUT2D eigenvalue weighted by Gasteiger charge is -2.12. The molecule has 0 fully saturated rings. The van der Waals surface area contributed by atoms with E-state index in [1.165, 1.54) is 0 Å². The highest BCUT2D eigenvalue weighted by atomic mass is 16.5. The van der Waals surface area contributed by atoms with Crippen LogP contribution in [0.1, 0.15) is 12.0 Å². The zero-order valence-corrected chi connectivity index (χ0v) is 16.3. The highest BCUT2D eigenvalue weighted by Gasteiger charge is 2.11. The molecule has 0 unspecified atom stereocenters. The zero-order valence-electron chi connectivity index (χ0n) is 16.3. The van der Waals surface area contributed by atoms with Crippen LogP contribution in [0.15, 0.2) is 78.9 Å². The third-order valence-corrected chi connectivity index (χ3v) is 4.21. The number of ether oxygens (including phenoxy) is 2. The number of carbonyl (C=O) groups is 2. The number of aryl methyl sites for hydroxylation is 1. The maximum atomic E-state index is 12.2. The smallest absolute Gasteiger partial charge is 0.309 e. The molecule has 0 heterocycles. The molecule has 5 nitrogen and oxygen atoms in total. The summed E-state index contributed by atoms with van der Waals surface area (Å²) in [6.07, 6.45) is 0.0713. The van der Waals surface area contributed by atoms with E-state index >= 15 is 0 Å². The summed E-state index contributed by atoms with van der Waals surface area (Å²) in [5, 5.41) is 2.81. The fourth-order valence-corrected chi connectivity index (χ4v) is 2.82. The molecular formula is C24H23NO4. The van der Waals surface area contributed by atoms with E-state index in [9.17, 15) is 9.59 Å². The minimum atomic E-state index is -0.482. The summed E-state index contributed by atoms with van der Waals surface area (Å²) in [7, 11) is 0. The standard InChI is InChI=1S/C24H23NO4/c1-18-8-7-11-20(16-18)28-15-14-24(27)29-17-23(26)25-22-13-6-5-12-21(22)19-9-3-2-4-10-19/h2-13,16H,14-15,17H2,1H3,(H,25,26). The first-order valence-corrected chi connectivity index (χ1v) is 9.41. The highest BCUT2D eigenvalue weighted by molar-refractivity contribution is 5.96. The quantitative estimate of drug-likeness (QED) is 0.571. The maximum absolute atomic E-state index is 12.2. The normalized spacial score (nSPS) is 10.2. The Bertz CT molecular complexity index is 969. The Morgan fingerprint density at radius 3 is 2.45 bits per heavy atom. The second kappa shape index (κ2) is 10.1. The number of esters is 1. The second-order valence-corrected chi connectivity index (χ2v) is 6.54. The lowest BCUT2D eigenvalue weighted by atomic mass is 10.0. The third kappa shape index (κ3) is 6.21. The van der Waals surface area contributed by atoms with Crippen molar-refractivity contribution in [1.82, 2.24) is 0 Å². The predicted molar refractivity (Wildman–Crippen MR) is 113 cm³/mol. The molecule has 3 aromatic carbocycles. The minimum Gasteiger partial charge on any atom is -0.493 e. The first-order valence-electron chi connectivity index (χ1n) is 9.41. The summed E-state index contributed by atoms with van der Waals surface area (Å²) < 4.78 is 10.6. The number of benzene rings is 3. The number of rotatable bonds is 8. The van der Waals surface area contributed by atoms with Crippen LogP contribution in [0.25, 0.3) is 11.1 Å². The van der Waals surface area contributed by atoms with Crippen molar-refractivity contribution >= 4 is 17.6 Å². The summed E-state index contributed by atoms with van der Waals surface area (Å²) in [5.74, 6) is -0.168. The molecule has 3 rings (SSSR count). The molecule has 1 amide bonds. The molecular weight excluding hydrogens is 366 g/mol. The van der Waals surface area contributed by atoms with E-state index in [0.717, 1.165) is 16.7 Å². The molecule has 1 N–H and O–H groups in total. The molecule has 148 valence electrons. The van der Waals surface area contributed by atoms with Crippen molar-refractivity contribution in [3.8, 4) is 16.9 Å². The van der Waals surface area contributed by atoms with Gasteiger partial charge in [0.05, 0.1) is 13.0 Å². The van der Waals surface area contributed by atoms with E-state index in [4.69, 9.17) is 9.47 Å². The summed E-state index contributed by atoms with van der Waals surface area (Å²) in [6.45, 7) is 1.82. The van der Waals surface area contributed by atoms with Gasteiger partial charge >= 0.3 is 5.97 Å². The van der Waals surface area contributed by atoms with Crippen LogP contribution in [0.5, 0.6) is 5.75 Å². The summed E-state index contributed by atoms with van der Waals surface area (Å²) in [4.78, 5) is 24.1. The SMILES string of the molecule is Cc1cccc(OCCC(=O)OCC(=O)Nc2ccccc2-c2ccccc2)c1. The molecule has 0 aliphatic heterocycles. The fraction of sp³-hybridized carbons (Fsp3) is 0.167. The van der Waals surface area contributed by atoms with Gasteiger partial charge in [0.25, 0.3) is 5.91 Å². The number of nitrogens with one attached hydrogen (secondary N) is 1. The molecule has 5 heteroatoms. The van der Waals surface area contributed by atoms with Crippen LogP contribution in [0.2, 0.25) is 0 Å². The van der Waals surface area contributed by atoms with Crippen molar-refractivity contribution in [3.05, 3.63) is 84.4 Å². The highest BCUT2D eigenvalue weighted by Crippen LogP contribution is 2.27. The summed E-state index contributed by atoms with van der Waals surface area (Å²) in [6, 6.07) is 24.8. The number of para-hydroxylation sites is 1. The van der Waals surface area contributed by atoms with E-state index in [0.29, 0.717) is 11.4 Å². The van der Waals surface area contributed by atoms with E-state index in [2.05, 4.69) is 5.32 Å². The van der Waals surface area contributed by atoms with Crippen LogP contribution < -0.4 is 10.1 Å². The van der Waals surface area contributed by atoms with Crippen molar-refractivity contribution in [2.45, 2.75) is 13.3 Å². The topological polar surface area (TPSA) is 64.6 Å². The molecule has 0 bridgehead atoms. The van der Waals surface area contributed by atoms with Crippen molar-refractivity contribution in [2.75, 3.05) is 18.5 Å². The predicted octanol–water partition coefficient (Wildman–Crippen LogP) is 4.61. The van der Waals surface area contributed by atoms with E-state index in [1.807, 2.05) is 85.8 Å². The van der Waals surface area contributed by atoms with Crippen LogP contribution in [0.3, 0.4) is 0 Å². The van der Waals surface area contributed by atoms with Crippen LogP contribution in [0, 0.1) is 6.92 Å². The van der Waals surface area contributed by atoms with Crippen molar-refractivity contribution in [1.29, 1.82) is 0 Å². The van der Waals surface area contributed by atoms with E-state index < -0.39 is 5.97 Å². The monoisotopic (exact) mass is 389 g/mol. The lowest BCUT2D eigenvalue weighted by molar-refractivity contribution is -0.147. The van der Waals surface area contributed by atoms with Crippen molar-refractivity contribution in [2.24, 2.45) is 0 Å². The molecule has 0 spiro atoms. The Kier molecular flexibility index (Phi) is 7.00. The van der Waals surface area contributed by atoms with E-state index in [1.54, 1.807) is 0 Å². The van der Waals surface area contributed by atoms with Gasteiger partial charge in [-0.2, -0.15) is 0 Å². The molecule has 0 aliphatic rings. The average Bonchev–Trinajstić information content (AvgIpc) is 2.73. The lowest BCUT2D eigenvalue weighted by Crippen LogP contribution is -2.22. The zero-order chi connectivity index (χ0) is 20.5. The van der Waals surface area contributed by atoms with E-state index in [-0.39, 0.29) is 25.5 Å². The fourth-order valence-electron chi connectivity index (χ4n) is 2.82. The summed E-state index contributed by atoms with van der Waals surface area (Å²) in [5.41, 5.74) is 3.65. The van der Waals surface area contributed by atoms with Gasteiger partial charge in [0, 0.05) is 11.3 Å². The Morgan fingerprint density at radius 1 is 0.897 bits per heavy atom. The first kappa shape index (κ1) is 20.1. The molecule has 0 aromatic heterocycles. The van der Waals surface area contributed by atoms with Gasteiger partial charge in [0.2, 0.25) is 0 Å². The summed E-state index contributed by atoms with van der Waals surface area (Å²) >= 11 is 0. The molecule has 0 saturated heterocycles. The third-order valence-electron chi connectivity index (χ3n) is 4.21. The largest absolute Gasteiger partial charge is 0.493 e. The van der Waals surface area contributed by atoms with Gasteiger partial charge in [-0.05, 0) is 36.2 Å².